The SMILES string of the molecule is Cc1cc(OC(C)c2oc(-c3ccc(C(F)(F)F)cc3)nc2C(C)(C)C)ccc1CCC(=O)O. The number of oxazole rings is 1. The fraction of sp³-hybridized carbons (Fsp3) is 0.385. The van der Waals surface area contributed by atoms with Gasteiger partial charge in [0.25, 0.3) is 0 Å². The normalized spacial score (nSPS) is 13.1. The lowest BCUT2D eigenvalue weighted by Crippen LogP contribution is -2.17. The summed E-state index contributed by atoms with van der Waals surface area (Å²) in [7, 11) is 0. The highest BCUT2D eigenvalue weighted by molar-refractivity contribution is 5.67. The smallest absolute Gasteiger partial charge is 0.416 e. The molecule has 0 saturated carbocycles. The lowest BCUT2D eigenvalue weighted by atomic mass is 9.90. The van der Waals surface area contributed by atoms with E-state index in [2.05, 4.69) is 4.98 Å². The van der Waals surface area contributed by atoms with Crippen molar-refractivity contribution in [1.82, 2.24) is 4.98 Å². The largest absolute Gasteiger partial charge is 0.483 e. The van der Waals surface area contributed by atoms with Gasteiger partial charge in [-0.25, -0.2) is 4.98 Å². The molecule has 1 atom stereocenters. The van der Waals surface area contributed by atoms with Crippen LogP contribution in [0.25, 0.3) is 11.5 Å². The Morgan fingerprint density at radius 1 is 1.12 bits per heavy atom. The maximum Gasteiger partial charge on any atom is 0.416 e. The highest BCUT2D eigenvalue weighted by Crippen LogP contribution is 2.36. The molecule has 0 aliphatic carbocycles. The van der Waals surface area contributed by atoms with Crippen LogP contribution in [0.3, 0.4) is 0 Å². The number of alkyl halides is 3. The van der Waals surface area contributed by atoms with Crippen molar-refractivity contribution in [2.45, 2.75) is 65.2 Å². The zero-order valence-corrected chi connectivity index (χ0v) is 19.8. The van der Waals surface area contributed by atoms with Crippen molar-refractivity contribution in [2.75, 3.05) is 0 Å². The molecule has 2 aromatic carbocycles. The molecule has 34 heavy (non-hydrogen) atoms. The lowest BCUT2D eigenvalue weighted by molar-refractivity contribution is -0.138. The zero-order chi connectivity index (χ0) is 25.3. The molecule has 0 spiro atoms. The summed E-state index contributed by atoms with van der Waals surface area (Å²) in [6, 6.07) is 10.2. The Labute approximate surface area is 196 Å². The molecule has 1 unspecified atom stereocenters. The molecule has 0 bridgehead atoms. The number of halogens is 3. The van der Waals surface area contributed by atoms with Gasteiger partial charge in [0, 0.05) is 17.4 Å². The zero-order valence-electron chi connectivity index (χ0n) is 19.8. The van der Waals surface area contributed by atoms with E-state index in [0.717, 1.165) is 23.3 Å². The monoisotopic (exact) mass is 475 g/mol. The minimum absolute atomic E-state index is 0.0528. The van der Waals surface area contributed by atoms with Crippen LogP contribution in [0.15, 0.2) is 46.9 Å². The number of nitrogens with zero attached hydrogens (tertiary/aromatic N) is 1. The van der Waals surface area contributed by atoms with Crippen LogP contribution >= 0.6 is 0 Å². The Hall–Kier alpha value is -3.29. The third-order valence-electron chi connectivity index (χ3n) is 5.43. The number of rotatable bonds is 7. The maximum absolute atomic E-state index is 12.9. The van der Waals surface area contributed by atoms with Gasteiger partial charge in [0.15, 0.2) is 11.9 Å². The van der Waals surface area contributed by atoms with Crippen molar-refractivity contribution >= 4 is 5.97 Å². The summed E-state index contributed by atoms with van der Waals surface area (Å²) in [5.41, 5.74) is 1.82. The highest BCUT2D eigenvalue weighted by Gasteiger charge is 2.32. The molecule has 3 aromatic rings. The third kappa shape index (κ3) is 5.98. The number of aromatic nitrogens is 1. The van der Waals surface area contributed by atoms with Crippen LogP contribution in [0, 0.1) is 6.92 Å². The van der Waals surface area contributed by atoms with Crippen LogP contribution in [-0.4, -0.2) is 16.1 Å². The summed E-state index contributed by atoms with van der Waals surface area (Å²) in [6.07, 6.45) is -4.45. The first-order valence-corrected chi connectivity index (χ1v) is 10.9. The Bertz CT molecular complexity index is 1160. The number of carboxylic acids is 1. The number of benzene rings is 2. The van der Waals surface area contributed by atoms with Crippen molar-refractivity contribution in [1.29, 1.82) is 0 Å². The summed E-state index contributed by atoms with van der Waals surface area (Å²) < 4.78 is 50.9. The van der Waals surface area contributed by atoms with Crippen molar-refractivity contribution < 1.29 is 32.2 Å². The van der Waals surface area contributed by atoms with Gasteiger partial charge in [-0.1, -0.05) is 26.8 Å². The van der Waals surface area contributed by atoms with Crippen molar-refractivity contribution in [3.05, 3.63) is 70.6 Å². The summed E-state index contributed by atoms with van der Waals surface area (Å²) in [5, 5.41) is 8.90. The molecule has 0 amide bonds. The van der Waals surface area contributed by atoms with Crippen LogP contribution < -0.4 is 4.74 Å². The van der Waals surface area contributed by atoms with Gasteiger partial charge >= 0.3 is 12.1 Å². The first kappa shape index (κ1) is 25.3. The molecule has 5 nitrogen and oxygen atoms in total. The number of aliphatic carboxylic acids is 1. The van der Waals surface area contributed by atoms with Gasteiger partial charge in [0.2, 0.25) is 5.89 Å². The fourth-order valence-electron chi connectivity index (χ4n) is 3.59. The molecule has 8 heteroatoms. The molecule has 0 aliphatic heterocycles. The van der Waals surface area contributed by atoms with Crippen LogP contribution in [0.2, 0.25) is 0 Å². The molecule has 1 heterocycles. The molecule has 1 N–H and O–H groups in total. The van der Waals surface area contributed by atoms with Gasteiger partial charge in [0.05, 0.1) is 11.3 Å². The minimum Gasteiger partial charge on any atom is -0.483 e. The predicted octanol–water partition coefficient (Wildman–Crippen LogP) is 7.12. The van der Waals surface area contributed by atoms with Crippen LogP contribution in [0.4, 0.5) is 13.2 Å². The molecule has 0 saturated heterocycles. The highest BCUT2D eigenvalue weighted by atomic mass is 19.4. The summed E-state index contributed by atoms with van der Waals surface area (Å²) in [6.45, 7) is 9.63. The number of aryl methyl sites for hydroxylation is 2. The van der Waals surface area contributed by atoms with E-state index in [0.29, 0.717) is 29.2 Å². The van der Waals surface area contributed by atoms with Gasteiger partial charge < -0.3 is 14.3 Å². The van der Waals surface area contributed by atoms with Crippen molar-refractivity contribution in [2.24, 2.45) is 0 Å². The number of hydrogen-bond acceptors (Lipinski definition) is 4. The van der Waals surface area contributed by atoms with Crippen molar-refractivity contribution in [3.63, 3.8) is 0 Å². The average molecular weight is 476 g/mol. The van der Waals surface area contributed by atoms with E-state index in [4.69, 9.17) is 14.3 Å². The molecular formula is C26H28F3NO4. The maximum atomic E-state index is 12.9. The first-order valence-electron chi connectivity index (χ1n) is 10.9. The van der Waals surface area contributed by atoms with Gasteiger partial charge in [-0.15, -0.1) is 0 Å². The van der Waals surface area contributed by atoms with E-state index in [1.54, 1.807) is 6.07 Å². The topological polar surface area (TPSA) is 72.6 Å². The molecule has 1 aromatic heterocycles. The second kappa shape index (κ2) is 9.52. The number of hydrogen-bond donors (Lipinski definition) is 1. The van der Waals surface area contributed by atoms with E-state index in [1.807, 2.05) is 46.8 Å². The second-order valence-corrected chi connectivity index (χ2v) is 9.30. The average Bonchev–Trinajstić information content (AvgIpc) is 3.19. The first-order chi connectivity index (χ1) is 15.8. The van der Waals surface area contributed by atoms with Gasteiger partial charge in [-0.2, -0.15) is 13.2 Å². The van der Waals surface area contributed by atoms with Crippen LogP contribution in [0.5, 0.6) is 5.75 Å². The lowest BCUT2D eigenvalue weighted by Gasteiger charge is -2.20. The van der Waals surface area contributed by atoms with Gasteiger partial charge in [-0.3, -0.25) is 4.79 Å². The second-order valence-electron chi connectivity index (χ2n) is 9.30. The van der Waals surface area contributed by atoms with Crippen LogP contribution in [-0.2, 0) is 22.8 Å². The van der Waals surface area contributed by atoms with Crippen LogP contribution in [0.1, 0.15) is 68.4 Å². The Balaban J connectivity index is 1.88. The minimum atomic E-state index is -4.42. The quantitative estimate of drug-likeness (QED) is 0.394. The van der Waals surface area contributed by atoms with E-state index >= 15 is 0 Å². The molecule has 0 aliphatic rings. The van der Waals surface area contributed by atoms with Crippen molar-refractivity contribution in [3.8, 4) is 17.2 Å². The summed E-state index contributed by atoms with van der Waals surface area (Å²) >= 11 is 0. The summed E-state index contributed by atoms with van der Waals surface area (Å²) in [5.74, 6) is 0.466. The third-order valence-corrected chi connectivity index (χ3v) is 5.43. The van der Waals surface area contributed by atoms with Gasteiger partial charge in [-0.05, 0) is 67.8 Å². The van der Waals surface area contributed by atoms with E-state index in [9.17, 15) is 18.0 Å². The Kier molecular flexibility index (Phi) is 7.10. The summed E-state index contributed by atoms with van der Waals surface area (Å²) in [4.78, 5) is 15.4. The molecule has 0 fully saturated rings. The molecule has 0 radical (unpaired) electrons. The van der Waals surface area contributed by atoms with E-state index < -0.39 is 29.2 Å². The predicted molar refractivity (Wildman–Crippen MR) is 122 cm³/mol. The molecule has 182 valence electrons. The number of carboxylic acid groups (broad SMARTS) is 1. The van der Waals surface area contributed by atoms with Gasteiger partial charge in [0.1, 0.15) is 5.75 Å². The van der Waals surface area contributed by atoms with E-state index in [-0.39, 0.29) is 12.3 Å². The van der Waals surface area contributed by atoms with E-state index in [1.165, 1.54) is 12.1 Å². The number of carbonyl (C=O) groups is 1. The molecule has 3 rings (SSSR count). The number of ether oxygens (including phenoxy) is 1. The fourth-order valence-corrected chi connectivity index (χ4v) is 3.59. The Morgan fingerprint density at radius 3 is 2.29 bits per heavy atom. The Morgan fingerprint density at radius 2 is 1.76 bits per heavy atom. The molecular weight excluding hydrogens is 447 g/mol. The standard InChI is InChI=1S/C26H28F3NO4/c1-15-14-20(12-8-17(15)9-13-21(31)32)33-16(2)22-23(25(3,4)5)30-24(34-22)18-6-10-19(11-7-18)26(27,28)29/h6-8,10-12,14,16H,9,13H2,1-5H3,(H,31,32).